The van der Waals surface area contributed by atoms with Crippen molar-refractivity contribution in [2.75, 3.05) is 5.43 Å². The number of anilines is 1. The van der Waals surface area contributed by atoms with E-state index in [0.717, 1.165) is 34.1 Å². The van der Waals surface area contributed by atoms with Crippen molar-refractivity contribution in [1.82, 2.24) is 9.97 Å². The molecule has 1 heterocycles. The molecule has 4 rings (SSSR count). The molecule has 0 aliphatic carbocycles. The van der Waals surface area contributed by atoms with Gasteiger partial charge in [-0.2, -0.15) is 5.10 Å². The van der Waals surface area contributed by atoms with Crippen LogP contribution in [-0.2, 0) is 6.42 Å². The molecule has 0 aliphatic heterocycles. The highest BCUT2D eigenvalue weighted by Gasteiger charge is 2.10. The standard InChI is InChI=1S/C23H19ClN4/c1-2-16-8-10-17(11-9-16)15-25-28-23-26-21-13-12-19(24)14-20(21)22(27-23)18-6-4-3-5-7-18/h3-15H,2H2,1H3,(H,26,27,28)/b25-15+. The molecule has 28 heavy (non-hydrogen) atoms. The molecule has 1 aromatic heterocycles. The molecule has 4 nitrogen and oxygen atoms in total. The van der Waals surface area contributed by atoms with Crippen LogP contribution in [0.1, 0.15) is 18.1 Å². The van der Waals surface area contributed by atoms with Gasteiger partial charge in [-0.15, -0.1) is 0 Å². The van der Waals surface area contributed by atoms with Crippen molar-refractivity contribution < 1.29 is 0 Å². The topological polar surface area (TPSA) is 50.2 Å². The zero-order valence-corrected chi connectivity index (χ0v) is 16.2. The van der Waals surface area contributed by atoms with Crippen LogP contribution in [0.25, 0.3) is 22.2 Å². The van der Waals surface area contributed by atoms with E-state index < -0.39 is 0 Å². The Balaban J connectivity index is 1.67. The van der Waals surface area contributed by atoms with Gasteiger partial charge in [0, 0.05) is 16.0 Å². The van der Waals surface area contributed by atoms with Crippen LogP contribution in [0.2, 0.25) is 5.02 Å². The Labute approximate surface area is 168 Å². The highest BCUT2D eigenvalue weighted by atomic mass is 35.5. The monoisotopic (exact) mass is 386 g/mol. The second kappa shape index (κ2) is 8.19. The number of nitrogens with one attached hydrogen (secondary N) is 1. The molecule has 0 unspecified atom stereocenters. The number of rotatable bonds is 5. The minimum absolute atomic E-state index is 0.440. The zero-order chi connectivity index (χ0) is 19.3. The highest BCUT2D eigenvalue weighted by Crippen LogP contribution is 2.29. The molecule has 0 aliphatic rings. The zero-order valence-electron chi connectivity index (χ0n) is 15.4. The van der Waals surface area contributed by atoms with Gasteiger partial charge in [0.15, 0.2) is 0 Å². The molecular formula is C23H19ClN4. The molecule has 1 N–H and O–H groups in total. The third-order valence-corrected chi connectivity index (χ3v) is 4.71. The van der Waals surface area contributed by atoms with Crippen molar-refractivity contribution in [3.8, 4) is 11.3 Å². The molecule has 0 amide bonds. The summed E-state index contributed by atoms with van der Waals surface area (Å²) in [6.45, 7) is 2.14. The van der Waals surface area contributed by atoms with Gasteiger partial charge in [0.1, 0.15) is 0 Å². The average Bonchev–Trinajstić information content (AvgIpc) is 2.74. The Hall–Kier alpha value is -3.24. The molecule has 0 saturated heterocycles. The summed E-state index contributed by atoms with van der Waals surface area (Å²) in [5.41, 5.74) is 7.89. The Morgan fingerprint density at radius 2 is 1.75 bits per heavy atom. The number of nitrogens with zero attached hydrogens (tertiary/aromatic N) is 3. The van der Waals surface area contributed by atoms with Crippen LogP contribution in [0, 0.1) is 0 Å². The molecule has 0 fully saturated rings. The number of hydrazone groups is 1. The number of aromatic nitrogens is 2. The lowest BCUT2D eigenvalue weighted by Gasteiger charge is -2.09. The van der Waals surface area contributed by atoms with Crippen LogP contribution in [0.3, 0.4) is 0 Å². The lowest BCUT2D eigenvalue weighted by Crippen LogP contribution is -2.00. The number of hydrogen-bond acceptors (Lipinski definition) is 4. The number of benzene rings is 3. The first-order valence-corrected chi connectivity index (χ1v) is 9.51. The SMILES string of the molecule is CCc1ccc(/C=N/Nc2nc(-c3ccccc3)c3cc(Cl)ccc3n2)cc1. The Morgan fingerprint density at radius 3 is 2.50 bits per heavy atom. The molecule has 0 bridgehead atoms. The van der Waals surface area contributed by atoms with Gasteiger partial charge in [0.25, 0.3) is 0 Å². The number of fused-ring (bicyclic) bond motifs is 1. The van der Waals surface area contributed by atoms with Crippen LogP contribution in [-0.4, -0.2) is 16.2 Å². The summed E-state index contributed by atoms with van der Waals surface area (Å²) in [5.74, 6) is 0.440. The van der Waals surface area contributed by atoms with Crippen LogP contribution in [0.5, 0.6) is 0 Å². The number of halogens is 1. The third-order valence-electron chi connectivity index (χ3n) is 4.47. The smallest absolute Gasteiger partial charge is 0.244 e. The van der Waals surface area contributed by atoms with Gasteiger partial charge >= 0.3 is 0 Å². The van der Waals surface area contributed by atoms with Gasteiger partial charge in [-0.25, -0.2) is 15.4 Å². The first-order valence-electron chi connectivity index (χ1n) is 9.13. The first kappa shape index (κ1) is 18.1. The second-order valence-corrected chi connectivity index (χ2v) is 6.82. The third kappa shape index (κ3) is 4.02. The van der Waals surface area contributed by atoms with Crippen molar-refractivity contribution >= 4 is 34.7 Å². The van der Waals surface area contributed by atoms with Crippen molar-refractivity contribution in [3.05, 3.63) is 88.9 Å². The molecule has 3 aromatic carbocycles. The van der Waals surface area contributed by atoms with E-state index in [0.29, 0.717) is 11.0 Å². The van der Waals surface area contributed by atoms with Crippen LogP contribution in [0.4, 0.5) is 5.95 Å². The van der Waals surface area contributed by atoms with E-state index in [9.17, 15) is 0 Å². The average molecular weight is 387 g/mol. The maximum absolute atomic E-state index is 6.20. The van der Waals surface area contributed by atoms with Gasteiger partial charge in [-0.05, 0) is 35.7 Å². The second-order valence-electron chi connectivity index (χ2n) is 6.39. The number of hydrogen-bond donors (Lipinski definition) is 1. The fourth-order valence-corrected chi connectivity index (χ4v) is 3.14. The molecule has 0 radical (unpaired) electrons. The molecule has 5 heteroatoms. The van der Waals surface area contributed by atoms with E-state index in [1.54, 1.807) is 6.21 Å². The van der Waals surface area contributed by atoms with E-state index in [1.807, 2.05) is 60.7 Å². The predicted molar refractivity (Wildman–Crippen MR) is 117 cm³/mol. The van der Waals surface area contributed by atoms with E-state index in [-0.39, 0.29) is 0 Å². The Kier molecular flexibility index (Phi) is 5.31. The molecule has 0 spiro atoms. The van der Waals surface area contributed by atoms with Gasteiger partial charge in [0.2, 0.25) is 5.95 Å². The molecule has 138 valence electrons. The fraction of sp³-hybridized carbons (Fsp3) is 0.0870. The van der Waals surface area contributed by atoms with Crippen molar-refractivity contribution in [2.24, 2.45) is 5.10 Å². The van der Waals surface area contributed by atoms with Gasteiger partial charge in [-0.3, -0.25) is 0 Å². The van der Waals surface area contributed by atoms with Crippen molar-refractivity contribution in [2.45, 2.75) is 13.3 Å². The maximum atomic E-state index is 6.20. The van der Waals surface area contributed by atoms with Crippen LogP contribution < -0.4 is 5.43 Å². The number of aryl methyl sites for hydroxylation is 1. The van der Waals surface area contributed by atoms with Crippen LogP contribution >= 0.6 is 11.6 Å². The van der Waals surface area contributed by atoms with E-state index >= 15 is 0 Å². The van der Waals surface area contributed by atoms with Gasteiger partial charge < -0.3 is 0 Å². The highest BCUT2D eigenvalue weighted by molar-refractivity contribution is 6.31. The Bertz CT molecular complexity index is 1120. The fourth-order valence-electron chi connectivity index (χ4n) is 2.97. The normalized spacial score (nSPS) is 11.2. The largest absolute Gasteiger partial charge is 0.245 e. The van der Waals surface area contributed by atoms with Gasteiger partial charge in [-0.1, -0.05) is 73.1 Å². The van der Waals surface area contributed by atoms with Crippen LogP contribution in [0.15, 0.2) is 77.9 Å². The van der Waals surface area contributed by atoms with Crippen molar-refractivity contribution in [3.63, 3.8) is 0 Å². The first-order chi connectivity index (χ1) is 13.7. The lowest BCUT2D eigenvalue weighted by molar-refractivity contribution is 1.14. The molecule has 0 saturated carbocycles. The summed E-state index contributed by atoms with van der Waals surface area (Å²) in [4.78, 5) is 9.24. The maximum Gasteiger partial charge on any atom is 0.244 e. The summed E-state index contributed by atoms with van der Waals surface area (Å²) in [6, 6.07) is 23.9. The molecule has 0 atom stereocenters. The van der Waals surface area contributed by atoms with E-state index in [4.69, 9.17) is 11.6 Å². The molecular weight excluding hydrogens is 368 g/mol. The quantitative estimate of drug-likeness (QED) is 0.340. The lowest BCUT2D eigenvalue weighted by atomic mass is 10.1. The summed E-state index contributed by atoms with van der Waals surface area (Å²) in [6.07, 6.45) is 2.78. The van der Waals surface area contributed by atoms with Crippen molar-refractivity contribution in [1.29, 1.82) is 0 Å². The molecule has 4 aromatic rings. The Morgan fingerprint density at radius 1 is 0.964 bits per heavy atom. The summed E-state index contributed by atoms with van der Waals surface area (Å²) in [7, 11) is 0. The summed E-state index contributed by atoms with van der Waals surface area (Å²) >= 11 is 6.20. The minimum Gasteiger partial charge on any atom is -0.245 e. The van der Waals surface area contributed by atoms with E-state index in [2.05, 4.69) is 39.6 Å². The summed E-state index contributed by atoms with van der Waals surface area (Å²) < 4.78 is 0. The minimum atomic E-state index is 0.440. The summed E-state index contributed by atoms with van der Waals surface area (Å²) in [5, 5.41) is 5.86. The van der Waals surface area contributed by atoms with E-state index in [1.165, 1.54) is 5.56 Å². The predicted octanol–water partition coefficient (Wildman–Crippen LogP) is 5.96. The van der Waals surface area contributed by atoms with Gasteiger partial charge in [0.05, 0.1) is 17.4 Å².